The molecule has 0 radical (unpaired) electrons. The second-order valence-corrected chi connectivity index (χ2v) is 3.70. The fraction of sp³-hybridized carbons (Fsp3) is 0. The van der Waals surface area contributed by atoms with Crippen molar-refractivity contribution in [1.82, 2.24) is 4.98 Å². The SMILES string of the molecule is N#Cc1cc(Br)c(-c2ccco2)nc1N. The highest BCUT2D eigenvalue weighted by Crippen LogP contribution is 2.29. The molecule has 0 aliphatic rings. The van der Waals surface area contributed by atoms with Gasteiger partial charge in [-0.1, -0.05) is 0 Å². The van der Waals surface area contributed by atoms with E-state index in [-0.39, 0.29) is 5.82 Å². The van der Waals surface area contributed by atoms with Crippen LogP contribution in [-0.4, -0.2) is 4.98 Å². The van der Waals surface area contributed by atoms with E-state index >= 15 is 0 Å². The van der Waals surface area contributed by atoms with Crippen LogP contribution in [0, 0.1) is 11.3 Å². The summed E-state index contributed by atoms with van der Waals surface area (Å²) < 4.78 is 5.88. The molecule has 0 amide bonds. The summed E-state index contributed by atoms with van der Waals surface area (Å²) in [6.45, 7) is 0. The molecular weight excluding hydrogens is 258 g/mol. The van der Waals surface area contributed by atoms with Crippen molar-refractivity contribution in [2.75, 3.05) is 5.73 Å². The summed E-state index contributed by atoms with van der Waals surface area (Å²) >= 11 is 3.31. The van der Waals surface area contributed by atoms with Crippen molar-refractivity contribution >= 4 is 21.7 Å². The standard InChI is InChI=1S/C10H6BrN3O/c11-7-4-6(5-12)10(13)14-9(7)8-2-1-3-15-8/h1-4H,(H2,13,14). The third-order valence-corrected chi connectivity index (χ3v) is 2.48. The van der Waals surface area contributed by atoms with Gasteiger partial charge in [-0.05, 0) is 34.1 Å². The summed E-state index contributed by atoms with van der Waals surface area (Å²) in [4.78, 5) is 4.10. The van der Waals surface area contributed by atoms with Gasteiger partial charge in [0.25, 0.3) is 0 Å². The van der Waals surface area contributed by atoms with Crippen LogP contribution >= 0.6 is 15.9 Å². The molecule has 0 aromatic carbocycles. The van der Waals surface area contributed by atoms with Crippen LogP contribution in [0.3, 0.4) is 0 Å². The number of furan rings is 1. The molecule has 0 aliphatic carbocycles. The Bertz CT molecular complexity index is 528. The molecule has 2 aromatic rings. The predicted octanol–water partition coefficient (Wildman–Crippen LogP) is 2.56. The molecule has 0 bridgehead atoms. The summed E-state index contributed by atoms with van der Waals surface area (Å²) in [5, 5.41) is 8.75. The Balaban J connectivity index is 2.61. The van der Waals surface area contributed by atoms with Crippen molar-refractivity contribution in [3.05, 3.63) is 34.5 Å². The molecule has 0 spiro atoms. The largest absolute Gasteiger partial charge is 0.463 e. The van der Waals surface area contributed by atoms with E-state index in [1.807, 2.05) is 6.07 Å². The summed E-state index contributed by atoms with van der Waals surface area (Å²) in [6, 6.07) is 7.12. The highest BCUT2D eigenvalue weighted by atomic mass is 79.9. The molecular formula is C10H6BrN3O. The van der Waals surface area contributed by atoms with Gasteiger partial charge >= 0.3 is 0 Å². The second-order valence-electron chi connectivity index (χ2n) is 2.84. The van der Waals surface area contributed by atoms with E-state index in [0.29, 0.717) is 21.5 Å². The van der Waals surface area contributed by atoms with E-state index in [0.717, 1.165) is 0 Å². The Labute approximate surface area is 94.5 Å². The van der Waals surface area contributed by atoms with Crippen molar-refractivity contribution in [2.45, 2.75) is 0 Å². The lowest BCUT2D eigenvalue weighted by Gasteiger charge is -2.03. The van der Waals surface area contributed by atoms with E-state index < -0.39 is 0 Å². The van der Waals surface area contributed by atoms with Crippen LogP contribution in [0.1, 0.15) is 5.56 Å². The van der Waals surface area contributed by atoms with Gasteiger partial charge in [0.1, 0.15) is 17.6 Å². The predicted molar refractivity (Wildman–Crippen MR) is 58.8 cm³/mol. The number of nitrogens with zero attached hydrogens (tertiary/aromatic N) is 2. The Morgan fingerprint density at radius 1 is 1.53 bits per heavy atom. The normalized spacial score (nSPS) is 9.87. The summed E-state index contributed by atoms with van der Waals surface area (Å²) in [7, 11) is 0. The van der Waals surface area contributed by atoms with Gasteiger partial charge in [-0.2, -0.15) is 5.26 Å². The van der Waals surface area contributed by atoms with E-state index in [1.165, 1.54) is 0 Å². The second kappa shape index (κ2) is 3.75. The van der Waals surface area contributed by atoms with Crippen LogP contribution in [0.25, 0.3) is 11.5 Å². The van der Waals surface area contributed by atoms with E-state index in [1.54, 1.807) is 24.5 Å². The molecule has 0 saturated carbocycles. The van der Waals surface area contributed by atoms with Gasteiger partial charge in [0.2, 0.25) is 0 Å². The number of nitrogen functional groups attached to an aromatic ring is 1. The van der Waals surface area contributed by atoms with Crippen LogP contribution in [0.15, 0.2) is 33.4 Å². The maximum absolute atomic E-state index is 8.75. The van der Waals surface area contributed by atoms with Gasteiger partial charge < -0.3 is 10.2 Å². The lowest BCUT2D eigenvalue weighted by molar-refractivity contribution is 0.580. The topological polar surface area (TPSA) is 75.8 Å². The average Bonchev–Trinajstić information content (AvgIpc) is 2.74. The number of halogens is 1. The zero-order valence-electron chi connectivity index (χ0n) is 7.57. The Morgan fingerprint density at radius 2 is 2.33 bits per heavy atom. The average molecular weight is 264 g/mol. The summed E-state index contributed by atoms with van der Waals surface area (Å²) in [6.07, 6.45) is 1.55. The smallest absolute Gasteiger partial charge is 0.153 e. The maximum Gasteiger partial charge on any atom is 0.153 e. The minimum absolute atomic E-state index is 0.201. The summed E-state index contributed by atoms with van der Waals surface area (Å²) in [5.74, 6) is 0.810. The van der Waals surface area contributed by atoms with Gasteiger partial charge in [-0.25, -0.2) is 4.98 Å². The van der Waals surface area contributed by atoms with Gasteiger partial charge in [-0.3, -0.25) is 0 Å². The molecule has 2 aromatic heterocycles. The minimum Gasteiger partial charge on any atom is -0.463 e. The Hall–Kier alpha value is -1.80. The Kier molecular flexibility index (Phi) is 2.44. The van der Waals surface area contributed by atoms with E-state index in [4.69, 9.17) is 15.4 Å². The monoisotopic (exact) mass is 263 g/mol. The number of hydrogen-bond acceptors (Lipinski definition) is 4. The van der Waals surface area contributed by atoms with Crippen LogP contribution in [0.4, 0.5) is 5.82 Å². The zero-order chi connectivity index (χ0) is 10.8. The summed E-state index contributed by atoms with van der Waals surface area (Å²) in [5.41, 5.74) is 6.55. The molecule has 74 valence electrons. The van der Waals surface area contributed by atoms with Gasteiger partial charge in [0.05, 0.1) is 11.8 Å². The van der Waals surface area contributed by atoms with Crippen molar-refractivity contribution < 1.29 is 4.42 Å². The number of nitrogens with two attached hydrogens (primary N) is 1. The highest BCUT2D eigenvalue weighted by molar-refractivity contribution is 9.10. The minimum atomic E-state index is 0.201. The number of hydrogen-bond donors (Lipinski definition) is 1. The fourth-order valence-corrected chi connectivity index (χ4v) is 1.69. The van der Waals surface area contributed by atoms with Gasteiger partial charge in [0.15, 0.2) is 5.76 Å². The first-order valence-electron chi connectivity index (χ1n) is 4.12. The zero-order valence-corrected chi connectivity index (χ0v) is 9.15. The van der Waals surface area contributed by atoms with Crippen molar-refractivity contribution in [2.24, 2.45) is 0 Å². The molecule has 2 N–H and O–H groups in total. The molecule has 5 heteroatoms. The highest BCUT2D eigenvalue weighted by Gasteiger charge is 2.11. The molecule has 0 unspecified atom stereocenters. The van der Waals surface area contributed by atoms with Crippen LogP contribution in [-0.2, 0) is 0 Å². The first kappa shape index (κ1) is 9.74. The molecule has 0 fully saturated rings. The molecule has 15 heavy (non-hydrogen) atoms. The molecule has 4 nitrogen and oxygen atoms in total. The molecule has 2 rings (SSSR count). The van der Waals surface area contributed by atoms with Gasteiger partial charge in [0, 0.05) is 4.47 Å². The van der Waals surface area contributed by atoms with Crippen molar-refractivity contribution in [3.8, 4) is 17.5 Å². The lowest BCUT2D eigenvalue weighted by Crippen LogP contribution is -1.97. The lowest BCUT2D eigenvalue weighted by atomic mass is 10.2. The Morgan fingerprint density at radius 3 is 2.93 bits per heavy atom. The third kappa shape index (κ3) is 1.72. The first-order valence-corrected chi connectivity index (χ1v) is 4.91. The van der Waals surface area contributed by atoms with Crippen LogP contribution < -0.4 is 5.73 Å². The van der Waals surface area contributed by atoms with E-state index in [9.17, 15) is 0 Å². The van der Waals surface area contributed by atoms with Crippen LogP contribution in [0.5, 0.6) is 0 Å². The third-order valence-electron chi connectivity index (χ3n) is 1.88. The van der Waals surface area contributed by atoms with Crippen LogP contribution in [0.2, 0.25) is 0 Å². The number of rotatable bonds is 1. The number of anilines is 1. The molecule has 0 atom stereocenters. The fourth-order valence-electron chi connectivity index (χ4n) is 1.18. The molecule has 0 aliphatic heterocycles. The maximum atomic E-state index is 8.75. The van der Waals surface area contributed by atoms with Crippen molar-refractivity contribution in [1.29, 1.82) is 5.26 Å². The van der Waals surface area contributed by atoms with E-state index in [2.05, 4.69) is 20.9 Å². The van der Waals surface area contributed by atoms with Gasteiger partial charge in [-0.15, -0.1) is 0 Å². The molecule has 0 saturated heterocycles. The molecule has 2 heterocycles. The van der Waals surface area contributed by atoms with Crippen molar-refractivity contribution in [3.63, 3.8) is 0 Å². The quantitative estimate of drug-likeness (QED) is 0.858. The number of nitriles is 1. The first-order chi connectivity index (χ1) is 7.22. The number of pyridine rings is 1. The number of aromatic nitrogens is 1.